The molecule has 0 aliphatic carbocycles. The van der Waals surface area contributed by atoms with Gasteiger partial charge in [0.25, 0.3) is 5.91 Å². The summed E-state index contributed by atoms with van der Waals surface area (Å²) in [6.45, 7) is 5.94. The lowest BCUT2D eigenvalue weighted by atomic mass is 10.1. The van der Waals surface area contributed by atoms with Crippen molar-refractivity contribution in [2.45, 2.75) is 27.2 Å². The highest BCUT2D eigenvalue weighted by Crippen LogP contribution is 2.26. The van der Waals surface area contributed by atoms with Gasteiger partial charge in [0.15, 0.2) is 5.13 Å². The largest absolute Gasteiger partial charge is 0.321 e. The molecule has 0 atom stereocenters. The Bertz CT molecular complexity index is 887. The predicted molar refractivity (Wildman–Crippen MR) is 103 cm³/mol. The highest BCUT2D eigenvalue weighted by Gasteiger charge is 2.16. The van der Waals surface area contributed by atoms with E-state index in [0.29, 0.717) is 15.7 Å². The van der Waals surface area contributed by atoms with Gasteiger partial charge in [0.1, 0.15) is 10.7 Å². The molecular weight excluding hydrogens is 332 g/mol. The molecule has 0 bridgehead atoms. The van der Waals surface area contributed by atoms with Gasteiger partial charge in [-0.3, -0.25) is 4.79 Å². The zero-order valence-electron chi connectivity index (χ0n) is 14.5. The van der Waals surface area contributed by atoms with Gasteiger partial charge >= 0.3 is 0 Å². The Hall–Kier alpha value is -2.73. The maximum atomic E-state index is 12.5. The van der Waals surface area contributed by atoms with Crippen molar-refractivity contribution >= 4 is 33.9 Å². The van der Waals surface area contributed by atoms with Crippen molar-refractivity contribution in [3.05, 3.63) is 64.3 Å². The SMILES string of the molecule is CCc1ccc(NC(=O)c2sc(Nc3cc(C)ccn3)nc2C)cc1. The maximum absolute atomic E-state index is 12.5. The van der Waals surface area contributed by atoms with Crippen molar-refractivity contribution in [3.63, 3.8) is 0 Å². The van der Waals surface area contributed by atoms with Crippen molar-refractivity contribution in [3.8, 4) is 0 Å². The first-order valence-electron chi connectivity index (χ1n) is 8.12. The van der Waals surface area contributed by atoms with Crippen LogP contribution in [0, 0.1) is 13.8 Å². The minimum Gasteiger partial charge on any atom is -0.321 e. The molecule has 0 saturated carbocycles. The van der Waals surface area contributed by atoms with E-state index < -0.39 is 0 Å². The van der Waals surface area contributed by atoms with Gasteiger partial charge < -0.3 is 10.6 Å². The van der Waals surface area contributed by atoms with Crippen molar-refractivity contribution in [2.24, 2.45) is 0 Å². The van der Waals surface area contributed by atoms with Crippen LogP contribution in [0.3, 0.4) is 0 Å². The van der Waals surface area contributed by atoms with Crippen LogP contribution >= 0.6 is 11.3 Å². The number of rotatable bonds is 5. The molecule has 0 radical (unpaired) electrons. The Morgan fingerprint density at radius 1 is 1.16 bits per heavy atom. The van der Waals surface area contributed by atoms with Gasteiger partial charge in [-0.05, 0) is 55.7 Å². The number of carbonyl (C=O) groups excluding carboxylic acids is 1. The number of aromatic nitrogens is 2. The van der Waals surface area contributed by atoms with Crippen molar-refractivity contribution in [1.82, 2.24) is 9.97 Å². The number of benzene rings is 1. The van der Waals surface area contributed by atoms with Crippen LogP contribution in [0.4, 0.5) is 16.6 Å². The van der Waals surface area contributed by atoms with E-state index >= 15 is 0 Å². The van der Waals surface area contributed by atoms with E-state index in [-0.39, 0.29) is 5.91 Å². The molecule has 0 aliphatic rings. The van der Waals surface area contributed by atoms with E-state index in [1.165, 1.54) is 16.9 Å². The Kier molecular flexibility index (Phi) is 5.09. The van der Waals surface area contributed by atoms with Gasteiger partial charge in [-0.1, -0.05) is 30.4 Å². The van der Waals surface area contributed by atoms with E-state index in [0.717, 1.165) is 23.5 Å². The van der Waals surface area contributed by atoms with E-state index in [1.807, 2.05) is 50.2 Å². The second kappa shape index (κ2) is 7.44. The molecule has 0 spiro atoms. The third kappa shape index (κ3) is 4.22. The fourth-order valence-electron chi connectivity index (χ4n) is 2.39. The second-order valence-corrected chi connectivity index (χ2v) is 6.78. The number of anilines is 3. The fraction of sp³-hybridized carbons (Fsp3) is 0.211. The van der Waals surface area contributed by atoms with Crippen LogP contribution in [-0.4, -0.2) is 15.9 Å². The zero-order chi connectivity index (χ0) is 17.8. The van der Waals surface area contributed by atoms with Gasteiger partial charge in [0, 0.05) is 11.9 Å². The molecule has 3 aromatic rings. The molecule has 1 aromatic carbocycles. The molecule has 128 valence electrons. The number of carbonyl (C=O) groups is 1. The average molecular weight is 352 g/mol. The van der Waals surface area contributed by atoms with Gasteiger partial charge in [-0.25, -0.2) is 9.97 Å². The minimum atomic E-state index is -0.149. The zero-order valence-corrected chi connectivity index (χ0v) is 15.3. The van der Waals surface area contributed by atoms with Crippen LogP contribution in [0.1, 0.15) is 33.4 Å². The Balaban J connectivity index is 1.73. The lowest BCUT2D eigenvalue weighted by Crippen LogP contribution is -2.11. The third-order valence-electron chi connectivity index (χ3n) is 3.77. The molecule has 2 N–H and O–H groups in total. The molecule has 0 saturated heterocycles. The van der Waals surface area contributed by atoms with Crippen LogP contribution in [0.25, 0.3) is 0 Å². The molecule has 1 amide bonds. The third-order valence-corrected chi connectivity index (χ3v) is 4.84. The molecule has 3 rings (SSSR count). The maximum Gasteiger partial charge on any atom is 0.267 e. The summed E-state index contributed by atoms with van der Waals surface area (Å²) in [6.07, 6.45) is 2.72. The standard InChI is InChI=1S/C19H20N4OS/c1-4-14-5-7-15(8-6-14)22-18(24)17-13(3)21-19(25-17)23-16-11-12(2)9-10-20-16/h5-11H,4H2,1-3H3,(H,22,24)(H,20,21,23). The molecule has 25 heavy (non-hydrogen) atoms. The summed E-state index contributed by atoms with van der Waals surface area (Å²) in [4.78, 5) is 21.8. The van der Waals surface area contributed by atoms with Gasteiger partial charge in [-0.15, -0.1) is 0 Å². The molecule has 6 heteroatoms. The van der Waals surface area contributed by atoms with Crippen molar-refractivity contribution in [2.75, 3.05) is 10.6 Å². The molecular formula is C19H20N4OS. The highest BCUT2D eigenvalue weighted by atomic mass is 32.1. The van der Waals surface area contributed by atoms with Gasteiger partial charge in [-0.2, -0.15) is 0 Å². The fourth-order valence-corrected chi connectivity index (χ4v) is 3.25. The molecule has 0 aliphatic heterocycles. The molecule has 0 fully saturated rings. The van der Waals surface area contributed by atoms with Crippen LogP contribution in [0.15, 0.2) is 42.6 Å². The van der Waals surface area contributed by atoms with Crippen LogP contribution in [0.2, 0.25) is 0 Å². The van der Waals surface area contributed by atoms with E-state index in [2.05, 4.69) is 27.5 Å². The Morgan fingerprint density at radius 3 is 2.60 bits per heavy atom. The quantitative estimate of drug-likeness (QED) is 0.698. The summed E-state index contributed by atoms with van der Waals surface area (Å²) < 4.78 is 0. The molecule has 5 nitrogen and oxygen atoms in total. The monoisotopic (exact) mass is 352 g/mol. The normalized spacial score (nSPS) is 10.5. The van der Waals surface area contributed by atoms with Crippen molar-refractivity contribution < 1.29 is 4.79 Å². The number of amides is 1. The lowest BCUT2D eigenvalue weighted by Gasteiger charge is -2.05. The first-order chi connectivity index (χ1) is 12.0. The predicted octanol–water partition coefficient (Wildman–Crippen LogP) is 4.71. The number of nitrogens with zero attached hydrogens (tertiary/aromatic N) is 2. The molecule has 2 aromatic heterocycles. The number of nitrogens with one attached hydrogen (secondary N) is 2. The summed E-state index contributed by atoms with van der Waals surface area (Å²) in [6, 6.07) is 11.7. The van der Waals surface area contributed by atoms with Crippen LogP contribution in [-0.2, 0) is 6.42 Å². The Morgan fingerprint density at radius 2 is 1.92 bits per heavy atom. The number of aryl methyl sites for hydroxylation is 3. The number of hydrogen-bond acceptors (Lipinski definition) is 5. The van der Waals surface area contributed by atoms with E-state index in [4.69, 9.17) is 0 Å². The smallest absolute Gasteiger partial charge is 0.267 e. The lowest BCUT2D eigenvalue weighted by molar-refractivity contribution is 0.103. The van der Waals surface area contributed by atoms with E-state index in [1.54, 1.807) is 6.20 Å². The average Bonchev–Trinajstić information content (AvgIpc) is 2.96. The number of hydrogen-bond donors (Lipinski definition) is 2. The number of pyridine rings is 1. The summed E-state index contributed by atoms with van der Waals surface area (Å²) >= 11 is 1.32. The molecule has 2 heterocycles. The van der Waals surface area contributed by atoms with Gasteiger partial charge in [0.05, 0.1) is 5.69 Å². The topological polar surface area (TPSA) is 66.9 Å². The summed E-state index contributed by atoms with van der Waals surface area (Å²) in [5, 5.41) is 6.74. The van der Waals surface area contributed by atoms with Crippen LogP contribution < -0.4 is 10.6 Å². The van der Waals surface area contributed by atoms with Gasteiger partial charge in [0.2, 0.25) is 0 Å². The van der Waals surface area contributed by atoms with E-state index in [9.17, 15) is 4.79 Å². The summed E-state index contributed by atoms with van der Waals surface area (Å²) in [5.41, 5.74) is 3.83. The molecule has 0 unspecified atom stereocenters. The first kappa shape index (κ1) is 17.1. The number of thiazole rings is 1. The minimum absolute atomic E-state index is 0.149. The Labute approximate surface area is 151 Å². The first-order valence-corrected chi connectivity index (χ1v) is 8.94. The summed E-state index contributed by atoms with van der Waals surface area (Å²) in [5.74, 6) is 0.570. The van der Waals surface area contributed by atoms with Crippen LogP contribution in [0.5, 0.6) is 0 Å². The second-order valence-electron chi connectivity index (χ2n) is 5.78. The highest BCUT2D eigenvalue weighted by molar-refractivity contribution is 7.17. The summed E-state index contributed by atoms with van der Waals surface area (Å²) in [7, 11) is 0. The van der Waals surface area contributed by atoms with Crippen molar-refractivity contribution in [1.29, 1.82) is 0 Å².